The van der Waals surface area contributed by atoms with E-state index in [1.165, 1.54) is 6.08 Å². The minimum Gasteiger partial charge on any atom is -0.323 e. The number of rotatable bonds is 5. The van der Waals surface area contributed by atoms with E-state index in [2.05, 4.69) is 15.4 Å². The molecule has 1 aromatic carbocycles. The lowest BCUT2D eigenvalue weighted by molar-refractivity contribution is -0.111. The molecule has 0 aliphatic carbocycles. The highest BCUT2D eigenvalue weighted by atomic mass is 16.1. The van der Waals surface area contributed by atoms with Gasteiger partial charge in [0.25, 0.3) is 0 Å². The SMILES string of the molecule is O=C(/C=C/c1ccccn1)Nc1ccc(Cn2cccn2)cc1. The molecule has 0 unspecified atom stereocenters. The molecule has 0 fully saturated rings. The van der Waals surface area contributed by atoms with Crippen LogP contribution >= 0.6 is 0 Å². The van der Waals surface area contributed by atoms with Crippen molar-refractivity contribution in [1.29, 1.82) is 0 Å². The maximum absolute atomic E-state index is 11.9. The molecule has 0 bridgehead atoms. The Bertz CT molecular complexity index is 778. The summed E-state index contributed by atoms with van der Waals surface area (Å²) in [6.07, 6.45) is 8.51. The van der Waals surface area contributed by atoms with Crippen molar-refractivity contribution in [2.75, 3.05) is 5.32 Å². The van der Waals surface area contributed by atoms with Crippen LogP contribution in [0.1, 0.15) is 11.3 Å². The first-order valence-electron chi connectivity index (χ1n) is 7.26. The maximum atomic E-state index is 11.9. The Morgan fingerprint density at radius 1 is 1.09 bits per heavy atom. The van der Waals surface area contributed by atoms with E-state index in [4.69, 9.17) is 0 Å². The summed E-state index contributed by atoms with van der Waals surface area (Å²) in [6.45, 7) is 0.709. The molecule has 0 aliphatic heterocycles. The van der Waals surface area contributed by atoms with Gasteiger partial charge in [0, 0.05) is 30.4 Å². The average molecular weight is 304 g/mol. The third-order valence-electron chi connectivity index (χ3n) is 3.22. The number of hydrogen-bond donors (Lipinski definition) is 1. The predicted octanol–water partition coefficient (Wildman–Crippen LogP) is 2.98. The molecule has 0 saturated heterocycles. The van der Waals surface area contributed by atoms with E-state index in [0.29, 0.717) is 6.54 Å². The van der Waals surface area contributed by atoms with Crippen molar-refractivity contribution in [3.05, 3.63) is 84.5 Å². The van der Waals surface area contributed by atoms with Gasteiger partial charge in [-0.15, -0.1) is 0 Å². The zero-order chi connectivity index (χ0) is 15.9. The number of carbonyl (C=O) groups excluding carboxylic acids is 1. The van der Waals surface area contributed by atoms with Crippen LogP contribution in [0.3, 0.4) is 0 Å². The number of pyridine rings is 1. The lowest BCUT2D eigenvalue weighted by Crippen LogP contribution is -2.08. The molecule has 0 radical (unpaired) electrons. The third kappa shape index (κ3) is 4.38. The molecule has 0 aliphatic rings. The molecule has 0 saturated carbocycles. The van der Waals surface area contributed by atoms with Crippen molar-refractivity contribution in [3.8, 4) is 0 Å². The normalized spacial score (nSPS) is 10.8. The van der Waals surface area contributed by atoms with Gasteiger partial charge in [0.2, 0.25) is 5.91 Å². The van der Waals surface area contributed by atoms with Gasteiger partial charge in [-0.05, 0) is 42.0 Å². The van der Waals surface area contributed by atoms with Crippen LogP contribution in [0.2, 0.25) is 0 Å². The fourth-order valence-corrected chi connectivity index (χ4v) is 2.09. The molecular formula is C18H16N4O. The first kappa shape index (κ1) is 14.7. The molecule has 3 aromatic rings. The van der Waals surface area contributed by atoms with Crippen LogP contribution in [0.15, 0.2) is 73.2 Å². The minimum absolute atomic E-state index is 0.185. The molecular weight excluding hydrogens is 288 g/mol. The van der Waals surface area contributed by atoms with Crippen LogP contribution < -0.4 is 5.32 Å². The molecule has 2 heterocycles. The number of anilines is 1. The summed E-state index contributed by atoms with van der Waals surface area (Å²) >= 11 is 0. The molecule has 2 aromatic heterocycles. The molecule has 3 rings (SSSR count). The van der Waals surface area contributed by atoms with Crippen molar-refractivity contribution in [3.63, 3.8) is 0 Å². The molecule has 1 N–H and O–H groups in total. The van der Waals surface area contributed by atoms with Gasteiger partial charge >= 0.3 is 0 Å². The van der Waals surface area contributed by atoms with Crippen LogP contribution in [0.4, 0.5) is 5.69 Å². The molecule has 5 heteroatoms. The fourth-order valence-electron chi connectivity index (χ4n) is 2.09. The van der Waals surface area contributed by atoms with Gasteiger partial charge in [-0.3, -0.25) is 14.5 Å². The van der Waals surface area contributed by atoms with Gasteiger partial charge in [-0.1, -0.05) is 18.2 Å². The van der Waals surface area contributed by atoms with Crippen molar-refractivity contribution < 1.29 is 4.79 Å². The van der Waals surface area contributed by atoms with Gasteiger partial charge in [-0.2, -0.15) is 5.10 Å². The van der Waals surface area contributed by atoms with Gasteiger partial charge in [0.05, 0.1) is 12.2 Å². The second-order valence-corrected chi connectivity index (χ2v) is 4.98. The molecule has 114 valence electrons. The molecule has 0 atom stereocenters. The second-order valence-electron chi connectivity index (χ2n) is 4.98. The fraction of sp³-hybridized carbons (Fsp3) is 0.0556. The third-order valence-corrected chi connectivity index (χ3v) is 3.22. The Balaban J connectivity index is 1.57. The Labute approximate surface area is 134 Å². The van der Waals surface area contributed by atoms with Crippen LogP contribution in [-0.2, 0) is 11.3 Å². The van der Waals surface area contributed by atoms with Crippen molar-refractivity contribution in [2.24, 2.45) is 0 Å². The van der Waals surface area contributed by atoms with Crippen LogP contribution in [0.5, 0.6) is 0 Å². The number of amides is 1. The quantitative estimate of drug-likeness (QED) is 0.737. The van der Waals surface area contributed by atoms with Crippen LogP contribution in [0, 0.1) is 0 Å². The maximum Gasteiger partial charge on any atom is 0.248 e. The summed E-state index contributed by atoms with van der Waals surface area (Å²) in [5, 5.41) is 6.99. The lowest BCUT2D eigenvalue weighted by atomic mass is 10.2. The topological polar surface area (TPSA) is 59.8 Å². The highest BCUT2D eigenvalue weighted by Crippen LogP contribution is 2.11. The van der Waals surface area contributed by atoms with Crippen molar-refractivity contribution >= 4 is 17.7 Å². The average Bonchev–Trinajstić information content (AvgIpc) is 3.09. The Kier molecular flexibility index (Phi) is 4.59. The van der Waals surface area contributed by atoms with Crippen LogP contribution in [-0.4, -0.2) is 20.7 Å². The van der Waals surface area contributed by atoms with Gasteiger partial charge < -0.3 is 5.32 Å². The number of benzene rings is 1. The number of aromatic nitrogens is 3. The number of hydrogen-bond acceptors (Lipinski definition) is 3. The number of nitrogens with zero attached hydrogens (tertiary/aromatic N) is 3. The Morgan fingerprint density at radius 2 is 1.96 bits per heavy atom. The minimum atomic E-state index is -0.185. The molecule has 23 heavy (non-hydrogen) atoms. The van der Waals surface area contributed by atoms with E-state index in [0.717, 1.165) is 16.9 Å². The molecule has 1 amide bonds. The standard InChI is InChI=1S/C18H16N4O/c23-18(10-9-16-4-1-2-11-19-16)21-17-7-5-15(6-8-17)14-22-13-3-12-20-22/h1-13H,14H2,(H,21,23)/b10-9+. The van der Waals surface area contributed by atoms with Crippen LogP contribution in [0.25, 0.3) is 6.08 Å². The van der Waals surface area contributed by atoms with Gasteiger partial charge in [0.1, 0.15) is 0 Å². The predicted molar refractivity (Wildman–Crippen MR) is 89.7 cm³/mol. The monoisotopic (exact) mass is 304 g/mol. The van der Waals surface area contributed by atoms with E-state index in [1.807, 2.05) is 59.4 Å². The van der Waals surface area contributed by atoms with Gasteiger partial charge in [0.15, 0.2) is 0 Å². The van der Waals surface area contributed by atoms with E-state index >= 15 is 0 Å². The Hall–Kier alpha value is -3.21. The molecule has 5 nitrogen and oxygen atoms in total. The van der Waals surface area contributed by atoms with E-state index in [9.17, 15) is 4.79 Å². The first-order chi connectivity index (χ1) is 11.3. The van der Waals surface area contributed by atoms with E-state index in [-0.39, 0.29) is 5.91 Å². The zero-order valence-electron chi connectivity index (χ0n) is 12.5. The summed E-state index contributed by atoms with van der Waals surface area (Å²) in [4.78, 5) is 16.0. The summed E-state index contributed by atoms with van der Waals surface area (Å²) in [7, 11) is 0. The zero-order valence-corrected chi connectivity index (χ0v) is 12.5. The second kappa shape index (κ2) is 7.17. The summed E-state index contributed by atoms with van der Waals surface area (Å²) < 4.78 is 1.85. The number of carbonyl (C=O) groups is 1. The van der Waals surface area contributed by atoms with E-state index < -0.39 is 0 Å². The summed E-state index contributed by atoms with van der Waals surface area (Å²) in [6, 6.07) is 15.2. The highest BCUT2D eigenvalue weighted by Gasteiger charge is 2.00. The first-order valence-corrected chi connectivity index (χ1v) is 7.26. The van der Waals surface area contributed by atoms with E-state index in [1.54, 1.807) is 18.5 Å². The smallest absolute Gasteiger partial charge is 0.248 e. The highest BCUT2D eigenvalue weighted by molar-refractivity contribution is 6.01. The van der Waals surface area contributed by atoms with Gasteiger partial charge in [-0.25, -0.2) is 0 Å². The summed E-state index contributed by atoms with van der Waals surface area (Å²) in [5.74, 6) is -0.185. The lowest BCUT2D eigenvalue weighted by Gasteiger charge is -2.05. The molecule has 0 spiro atoms. The van der Waals surface area contributed by atoms with Crippen molar-refractivity contribution in [2.45, 2.75) is 6.54 Å². The Morgan fingerprint density at radius 3 is 2.65 bits per heavy atom. The largest absolute Gasteiger partial charge is 0.323 e. The van der Waals surface area contributed by atoms with Crippen molar-refractivity contribution in [1.82, 2.24) is 14.8 Å². The number of nitrogens with one attached hydrogen (secondary N) is 1. The summed E-state index contributed by atoms with van der Waals surface area (Å²) in [5.41, 5.74) is 2.62.